The third-order valence-corrected chi connectivity index (χ3v) is 6.48. The summed E-state index contributed by atoms with van der Waals surface area (Å²) in [6.45, 7) is 1.94. The molecule has 0 fully saturated rings. The van der Waals surface area contributed by atoms with E-state index in [1.54, 1.807) is 0 Å². The second-order valence-electron chi connectivity index (χ2n) is 3.82. The predicted octanol–water partition coefficient (Wildman–Crippen LogP) is 2.59. The van der Waals surface area contributed by atoms with Crippen LogP contribution in [-0.4, -0.2) is 20.2 Å². The molecular weight excluding hydrogens is 319 g/mol. The van der Waals surface area contributed by atoms with E-state index >= 15 is 0 Å². The number of hydrogen-bond donors (Lipinski definition) is 0. The minimum absolute atomic E-state index is 0.108. The predicted molar refractivity (Wildman–Crippen MR) is 68.5 cm³/mol. The van der Waals surface area contributed by atoms with Crippen LogP contribution in [0.5, 0.6) is 0 Å². The van der Waals surface area contributed by atoms with E-state index in [1.807, 2.05) is 67.6 Å². The van der Waals surface area contributed by atoms with Gasteiger partial charge in [0.15, 0.2) is 0 Å². The standard InChI is InChI=1S/C8H9O.C6H5.O.Sn/c1-7(9)8-5-3-2-4-6-8;1-2-4-6-5-3-1;;/h2-7H,1H3;1-5H;;/q-1;;;+1. The molecule has 0 amide bonds. The SMILES string of the molecule is CC([O][Sn](=[O])[c]1ccccc1)c1ccccc1. The van der Waals surface area contributed by atoms with Crippen LogP contribution in [0.2, 0.25) is 0 Å². The normalized spacial score (nSPS) is 12.1. The van der Waals surface area contributed by atoms with Crippen molar-refractivity contribution in [1.29, 1.82) is 0 Å². The van der Waals surface area contributed by atoms with Crippen molar-refractivity contribution in [3.05, 3.63) is 66.2 Å². The summed E-state index contributed by atoms with van der Waals surface area (Å²) >= 11 is -3.12. The second kappa shape index (κ2) is 6.07. The quantitative estimate of drug-likeness (QED) is 0.804. The van der Waals surface area contributed by atoms with Crippen LogP contribution in [0.3, 0.4) is 0 Å². The van der Waals surface area contributed by atoms with Crippen LogP contribution < -0.4 is 3.58 Å². The fraction of sp³-hybridized carbons (Fsp3) is 0.143. The van der Waals surface area contributed by atoms with Gasteiger partial charge in [-0.05, 0) is 0 Å². The van der Waals surface area contributed by atoms with Crippen molar-refractivity contribution >= 4 is 23.7 Å². The first kappa shape index (κ1) is 12.5. The molecule has 0 aromatic heterocycles. The zero-order valence-electron chi connectivity index (χ0n) is 9.67. The topological polar surface area (TPSA) is 26.3 Å². The molecule has 0 aliphatic heterocycles. The van der Waals surface area contributed by atoms with Gasteiger partial charge in [0.05, 0.1) is 0 Å². The van der Waals surface area contributed by atoms with Crippen LogP contribution in [0.25, 0.3) is 0 Å². The van der Waals surface area contributed by atoms with Crippen molar-refractivity contribution in [1.82, 2.24) is 0 Å². The molecule has 0 aliphatic rings. The first-order valence-electron chi connectivity index (χ1n) is 5.58. The van der Waals surface area contributed by atoms with E-state index in [1.165, 1.54) is 0 Å². The van der Waals surface area contributed by atoms with Crippen LogP contribution in [0.15, 0.2) is 60.7 Å². The molecule has 17 heavy (non-hydrogen) atoms. The maximum atomic E-state index is 12.1. The summed E-state index contributed by atoms with van der Waals surface area (Å²) in [5, 5.41) is 0. The van der Waals surface area contributed by atoms with Gasteiger partial charge in [-0.25, -0.2) is 0 Å². The maximum absolute atomic E-state index is 12.1. The molecule has 1 atom stereocenters. The molecule has 0 N–H and O–H groups in total. The van der Waals surface area contributed by atoms with Crippen LogP contribution in [-0.2, 0) is 6.15 Å². The summed E-state index contributed by atoms with van der Waals surface area (Å²) in [5.41, 5.74) is 1.07. The Balaban J connectivity index is 2.05. The van der Waals surface area contributed by atoms with Crippen LogP contribution in [0, 0.1) is 0 Å². The van der Waals surface area contributed by atoms with Gasteiger partial charge in [-0.3, -0.25) is 0 Å². The van der Waals surface area contributed by atoms with E-state index in [4.69, 9.17) is 3.07 Å². The molecule has 3 heteroatoms. The van der Waals surface area contributed by atoms with Gasteiger partial charge in [-0.15, -0.1) is 0 Å². The van der Waals surface area contributed by atoms with Crippen molar-refractivity contribution in [3.8, 4) is 0 Å². The van der Waals surface area contributed by atoms with Gasteiger partial charge in [0, 0.05) is 0 Å². The zero-order valence-corrected chi connectivity index (χ0v) is 12.5. The van der Waals surface area contributed by atoms with Crippen LogP contribution >= 0.6 is 0 Å². The summed E-state index contributed by atoms with van der Waals surface area (Å²) in [7, 11) is 0. The molecule has 0 saturated carbocycles. The first-order valence-corrected chi connectivity index (χ1v) is 9.34. The Hall–Kier alpha value is -1.00. The van der Waals surface area contributed by atoms with E-state index in [0.717, 1.165) is 9.14 Å². The molecule has 2 aromatic carbocycles. The van der Waals surface area contributed by atoms with E-state index in [9.17, 15) is 3.08 Å². The van der Waals surface area contributed by atoms with Crippen molar-refractivity contribution in [2.24, 2.45) is 0 Å². The van der Waals surface area contributed by atoms with Gasteiger partial charge < -0.3 is 0 Å². The van der Waals surface area contributed by atoms with Crippen molar-refractivity contribution in [3.63, 3.8) is 0 Å². The molecule has 0 radical (unpaired) electrons. The monoisotopic (exact) mass is 334 g/mol. The Morgan fingerprint density at radius 1 is 0.941 bits per heavy atom. The Kier molecular flexibility index (Phi) is 4.45. The molecular formula is C14H14O2Sn. The van der Waals surface area contributed by atoms with E-state index < -0.39 is 20.2 Å². The second-order valence-corrected chi connectivity index (χ2v) is 7.79. The molecule has 0 aliphatic carbocycles. The van der Waals surface area contributed by atoms with Crippen LogP contribution in [0.4, 0.5) is 0 Å². The van der Waals surface area contributed by atoms with E-state index in [-0.39, 0.29) is 6.10 Å². The molecule has 2 nitrogen and oxygen atoms in total. The third kappa shape index (κ3) is 3.48. The summed E-state index contributed by atoms with van der Waals surface area (Å²) in [4.78, 5) is 0. The van der Waals surface area contributed by atoms with Gasteiger partial charge in [0.2, 0.25) is 0 Å². The molecule has 0 spiro atoms. The Morgan fingerprint density at radius 3 is 2.06 bits per heavy atom. The van der Waals surface area contributed by atoms with Gasteiger partial charge in [-0.1, -0.05) is 0 Å². The van der Waals surface area contributed by atoms with Gasteiger partial charge in [0.1, 0.15) is 0 Å². The number of rotatable bonds is 4. The molecule has 1 unspecified atom stereocenters. The summed E-state index contributed by atoms with van der Waals surface area (Å²) in [6, 6.07) is 19.3. The molecule has 86 valence electrons. The van der Waals surface area contributed by atoms with Gasteiger partial charge in [0.25, 0.3) is 0 Å². The molecule has 0 bridgehead atoms. The zero-order chi connectivity index (χ0) is 12.1. The first-order chi connectivity index (χ1) is 8.27. The molecule has 2 rings (SSSR count). The average molecular weight is 333 g/mol. The Bertz CT molecular complexity index is 482. The van der Waals surface area contributed by atoms with Gasteiger partial charge >= 0.3 is 109 Å². The van der Waals surface area contributed by atoms with Crippen LogP contribution in [0.1, 0.15) is 18.6 Å². The Morgan fingerprint density at radius 2 is 1.47 bits per heavy atom. The fourth-order valence-electron chi connectivity index (χ4n) is 1.59. The third-order valence-electron chi connectivity index (χ3n) is 2.56. The van der Waals surface area contributed by atoms with Crippen molar-refractivity contribution in [2.45, 2.75) is 13.0 Å². The van der Waals surface area contributed by atoms with Crippen molar-refractivity contribution < 1.29 is 6.15 Å². The minimum atomic E-state index is -3.12. The van der Waals surface area contributed by atoms with E-state index in [2.05, 4.69) is 0 Å². The fourth-order valence-corrected chi connectivity index (χ4v) is 4.61. The summed E-state index contributed by atoms with van der Waals surface area (Å²) in [6.07, 6.45) is -0.108. The van der Waals surface area contributed by atoms with E-state index in [0.29, 0.717) is 0 Å². The number of benzene rings is 2. The molecule has 0 heterocycles. The Labute approximate surface area is 109 Å². The molecule has 0 saturated heterocycles. The average Bonchev–Trinajstić information content (AvgIpc) is 2.40. The van der Waals surface area contributed by atoms with Gasteiger partial charge in [-0.2, -0.15) is 0 Å². The molecule has 2 aromatic rings. The van der Waals surface area contributed by atoms with Crippen molar-refractivity contribution in [2.75, 3.05) is 0 Å². The summed E-state index contributed by atoms with van der Waals surface area (Å²) in [5.74, 6) is 0. The number of hydrogen-bond acceptors (Lipinski definition) is 2. The summed E-state index contributed by atoms with van der Waals surface area (Å²) < 4.78 is 18.6.